The first-order valence-corrected chi connectivity index (χ1v) is 24.8. The number of hydrogen-bond donors (Lipinski definition) is 2. The smallest absolute Gasteiger partial charge is 0.329 e. The van der Waals surface area contributed by atoms with E-state index in [4.69, 9.17) is 28.4 Å². The fourth-order valence-corrected chi connectivity index (χ4v) is 10.4. The summed E-state index contributed by atoms with van der Waals surface area (Å²) < 4.78 is 35.1. The van der Waals surface area contributed by atoms with Gasteiger partial charge < -0.3 is 43.5 Å². The number of ketones is 3. The van der Waals surface area contributed by atoms with Gasteiger partial charge in [0.15, 0.2) is 5.78 Å². The quantitative estimate of drug-likeness (QED) is 0.154. The van der Waals surface area contributed by atoms with E-state index >= 15 is 0 Å². The number of fused-ring (bicyclic) bond motifs is 3. The van der Waals surface area contributed by atoms with E-state index in [9.17, 15) is 39.0 Å². The van der Waals surface area contributed by atoms with Gasteiger partial charge in [-0.3, -0.25) is 24.0 Å². The number of carbonyl (C=O) groups excluding carboxylic acids is 6. The Morgan fingerprint density at radius 3 is 2.25 bits per heavy atom. The van der Waals surface area contributed by atoms with Gasteiger partial charge in [-0.15, -0.1) is 0 Å². The Labute approximate surface area is 404 Å². The molecule has 0 spiro atoms. The molecule has 0 aromatic heterocycles. The lowest BCUT2D eigenvalue weighted by molar-refractivity contribution is -0.265. The molecule has 1 amide bonds. The van der Waals surface area contributed by atoms with Crippen LogP contribution in [0.2, 0.25) is 0 Å². The molecule has 68 heavy (non-hydrogen) atoms. The van der Waals surface area contributed by atoms with Crippen LogP contribution in [0.4, 0.5) is 0 Å². The van der Waals surface area contributed by atoms with Crippen molar-refractivity contribution >= 4 is 35.2 Å². The molecule has 382 valence electrons. The van der Waals surface area contributed by atoms with Crippen molar-refractivity contribution in [2.24, 2.45) is 35.5 Å². The van der Waals surface area contributed by atoms with Crippen molar-refractivity contribution in [1.82, 2.24) is 4.90 Å². The molecule has 0 radical (unpaired) electrons. The largest absolute Gasteiger partial charge is 0.460 e. The van der Waals surface area contributed by atoms with E-state index in [2.05, 4.69) is 0 Å². The lowest BCUT2D eigenvalue weighted by Crippen LogP contribution is -2.61. The van der Waals surface area contributed by atoms with Crippen LogP contribution < -0.4 is 0 Å². The summed E-state index contributed by atoms with van der Waals surface area (Å²) in [5.74, 6) is -8.54. The van der Waals surface area contributed by atoms with Gasteiger partial charge in [-0.25, -0.2) is 4.79 Å². The molecule has 3 fully saturated rings. The van der Waals surface area contributed by atoms with E-state index in [-0.39, 0.29) is 60.8 Å². The second-order valence-electron chi connectivity index (χ2n) is 20.2. The molecule has 4 rings (SSSR count). The zero-order valence-electron chi connectivity index (χ0n) is 42.5. The first-order valence-electron chi connectivity index (χ1n) is 24.8. The van der Waals surface area contributed by atoms with Gasteiger partial charge in [0.25, 0.3) is 11.7 Å². The predicted octanol–water partition coefficient (Wildman–Crippen LogP) is 6.75. The molecule has 4 aliphatic rings. The number of piperidine rings is 1. The number of aliphatic hydroxyl groups excluding tert-OH is 1. The Hall–Kier alpha value is -3.86. The molecular formula is C53H81NO14. The zero-order valence-corrected chi connectivity index (χ0v) is 42.5. The van der Waals surface area contributed by atoms with E-state index < -0.39 is 83.9 Å². The number of nitrogens with zero attached hydrogens (tertiary/aromatic N) is 1. The number of carbonyl (C=O) groups is 6. The number of aliphatic hydroxyl groups is 2. The number of amides is 1. The van der Waals surface area contributed by atoms with Crippen molar-refractivity contribution < 1.29 is 67.4 Å². The second-order valence-corrected chi connectivity index (χ2v) is 20.2. The van der Waals surface area contributed by atoms with E-state index in [0.717, 1.165) is 5.57 Å². The van der Waals surface area contributed by atoms with Gasteiger partial charge in [-0.1, -0.05) is 71.1 Å². The van der Waals surface area contributed by atoms with Crippen molar-refractivity contribution in [3.8, 4) is 0 Å². The molecule has 3 aliphatic heterocycles. The third-order valence-corrected chi connectivity index (χ3v) is 14.8. The fraction of sp³-hybridized carbons (Fsp3) is 0.736. The Morgan fingerprint density at radius 2 is 1.59 bits per heavy atom. The van der Waals surface area contributed by atoms with Gasteiger partial charge in [-0.2, -0.15) is 0 Å². The predicted molar refractivity (Wildman–Crippen MR) is 255 cm³/mol. The first kappa shape index (κ1) is 56.7. The lowest BCUT2D eigenvalue weighted by Gasteiger charge is -2.42. The van der Waals surface area contributed by atoms with Crippen molar-refractivity contribution in [2.75, 3.05) is 27.9 Å². The maximum atomic E-state index is 14.4. The third kappa shape index (κ3) is 15.1. The van der Waals surface area contributed by atoms with Crippen LogP contribution in [0, 0.1) is 35.5 Å². The molecule has 0 aromatic rings. The number of methoxy groups -OCH3 is 3. The molecule has 15 atom stereocenters. The number of rotatable bonds is 7. The monoisotopic (exact) mass is 956 g/mol. The zero-order chi connectivity index (χ0) is 50.5. The lowest BCUT2D eigenvalue weighted by atomic mass is 9.78. The van der Waals surface area contributed by atoms with Crippen LogP contribution in [-0.4, -0.2) is 133 Å². The summed E-state index contributed by atoms with van der Waals surface area (Å²) >= 11 is 0. The summed E-state index contributed by atoms with van der Waals surface area (Å²) in [6, 6.07) is -1.16. The number of esters is 2. The minimum Gasteiger partial charge on any atom is -0.460 e. The normalized spacial score (nSPS) is 39.0. The molecule has 2 N–H and O–H groups in total. The molecule has 15 heteroatoms. The van der Waals surface area contributed by atoms with E-state index in [1.165, 1.54) is 18.9 Å². The van der Waals surface area contributed by atoms with Crippen molar-refractivity contribution in [1.29, 1.82) is 0 Å². The summed E-state index contributed by atoms with van der Waals surface area (Å²) in [5.41, 5.74) is 1.25. The average molecular weight is 956 g/mol. The summed E-state index contributed by atoms with van der Waals surface area (Å²) in [6.45, 7) is 14.1. The second kappa shape index (κ2) is 26.4. The summed E-state index contributed by atoms with van der Waals surface area (Å²) in [4.78, 5) is 83.9. The molecule has 2 bridgehead atoms. The first-order chi connectivity index (χ1) is 32.1. The van der Waals surface area contributed by atoms with Gasteiger partial charge in [-0.05, 0) is 107 Å². The van der Waals surface area contributed by atoms with Crippen molar-refractivity contribution in [2.45, 2.75) is 187 Å². The van der Waals surface area contributed by atoms with Crippen LogP contribution in [0.3, 0.4) is 0 Å². The Morgan fingerprint density at radius 1 is 0.868 bits per heavy atom. The standard InChI is InChI=1S/C53H81NO14/c1-31-17-13-12-14-18-32(2)44(63-9)29-40-22-20-37(7)53(62,68-40)50(59)51(60)54-24-16-15-19-41(54)52(61)67-45(34(4)27-39-21-23-43(66-38(8)55)46(28-39)64-10)30-42(56)33(3)26-36(6)48(58)49(65-11)47(57)35(5)25-31/h12-14,17-18,26,31,33-35,37,39-41,43-46,48-49,58,62H,15-16,19-25,27-30H2,1-11H3/b14-12+,17-13+,32-18+,36-26+/t31-,33-,34?,35-,37-,39+,40+,41+,43-,44+,45+,46-,48-,49+,53-/m1/s1. The maximum Gasteiger partial charge on any atom is 0.329 e. The average Bonchev–Trinajstić information content (AvgIpc) is 3.30. The highest BCUT2D eigenvalue weighted by molar-refractivity contribution is 6.39. The van der Waals surface area contributed by atoms with Crippen LogP contribution in [0.25, 0.3) is 0 Å². The van der Waals surface area contributed by atoms with Gasteiger partial charge in [0.05, 0.1) is 18.3 Å². The number of Topliss-reactive ketones (excluding diaryl/α,β-unsaturated/α-hetero) is 3. The van der Waals surface area contributed by atoms with Gasteiger partial charge in [0.2, 0.25) is 5.79 Å². The molecular weight excluding hydrogens is 875 g/mol. The van der Waals surface area contributed by atoms with Crippen LogP contribution in [0.1, 0.15) is 132 Å². The molecule has 1 unspecified atom stereocenters. The van der Waals surface area contributed by atoms with Crippen LogP contribution in [-0.2, 0) is 57.2 Å². The minimum atomic E-state index is -2.44. The van der Waals surface area contributed by atoms with Crippen LogP contribution in [0.5, 0.6) is 0 Å². The highest BCUT2D eigenvalue weighted by Gasteiger charge is 2.53. The molecule has 1 aliphatic carbocycles. The number of allylic oxidation sites excluding steroid dienone is 6. The summed E-state index contributed by atoms with van der Waals surface area (Å²) in [5, 5.41) is 23.4. The third-order valence-electron chi connectivity index (χ3n) is 14.8. The molecule has 2 saturated heterocycles. The Kier molecular flexibility index (Phi) is 22.0. The highest BCUT2D eigenvalue weighted by Crippen LogP contribution is 2.38. The summed E-state index contributed by atoms with van der Waals surface area (Å²) in [6.07, 6.45) is 11.2. The fourth-order valence-electron chi connectivity index (χ4n) is 10.4. The Balaban J connectivity index is 1.70. The molecule has 3 heterocycles. The van der Waals surface area contributed by atoms with E-state index in [1.54, 1.807) is 41.1 Å². The topological polar surface area (TPSA) is 201 Å². The highest BCUT2D eigenvalue weighted by atomic mass is 16.6. The molecule has 0 aromatic carbocycles. The van der Waals surface area contributed by atoms with Gasteiger partial charge in [0, 0.05) is 65.4 Å². The number of cyclic esters (lactones) is 1. The number of hydrogen-bond acceptors (Lipinski definition) is 14. The van der Waals surface area contributed by atoms with E-state index in [1.807, 2.05) is 58.1 Å². The summed E-state index contributed by atoms with van der Waals surface area (Å²) in [7, 11) is 4.52. The van der Waals surface area contributed by atoms with Gasteiger partial charge >= 0.3 is 11.9 Å². The number of ether oxygens (including phenoxy) is 6. The van der Waals surface area contributed by atoms with Gasteiger partial charge in [0.1, 0.15) is 36.2 Å². The Bertz CT molecular complexity index is 1870. The van der Waals surface area contributed by atoms with Crippen molar-refractivity contribution in [3.63, 3.8) is 0 Å². The maximum absolute atomic E-state index is 14.4. The SMILES string of the molecule is CO[C@H]1C[C@@H]2CC[C@@H](C)[C@@](O)(O2)C(=O)C(=O)N2CCCC[C@H]2C(=O)O[C@H](C(C)C[C@@H]2CC[C@@H](OC(C)=O)[C@H](OC)C2)CC(=O)[C@H](C)/C=C(\C)[C@@H](O)[C@@H](OC)C(=O)[C@H](C)C[C@H](C)/C=C/C=C/C=C/1C. The van der Waals surface area contributed by atoms with Crippen molar-refractivity contribution in [3.05, 3.63) is 47.6 Å². The van der Waals surface area contributed by atoms with Crippen LogP contribution >= 0.6 is 0 Å². The van der Waals surface area contributed by atoms with E-state index in [0.29, 0.717) is 69.8 Å². The molecule has 15 nitrogen and oxygen atoms in total. The van der Waals surface area contributed by atoms with Crippen LogP contribution in [0.15, 0.2) is 47.6 Å². The molecule has 1 saturated carbocycles. The minimum absolute atomic E-state index is 0.0110.